The zero-order valence-electron chi connectivity index (χ0n) is 8.06. The van der Waals surface area contributed by atoms with Crippen molar-refractivity contribution in [1.82, 2.24) is 5.32 Å². The molecular weight excluding hydrogens is 184 g/mol. The standard InChI is InChI=1S/C11H13F2N/c1-2-3-6-14-8-9-7-10(12)4-5-11(9)13/h2-5,7,14H,6,8H2,1H3/b3-2+. The molecule has 0 unspecified atom stereocenters. The highest BCUT2D eigenvalue weighted by molar-refractivity contribution is 5.18. The zero-order valence-corrected chi connectivity index (χ0v) is 8.06. The summed E-state index contributed by atoms with van der Waals surface area (Å²) in [5.74, 6) is -0.784. The highest BCUT2D eigenvalue weighted by Gasteiger charge is 2.01. The summed E-state index contributed by atoms with van der Waals surface area (Å²) in [6, 6.07) is 3.46. The van der Waals surface area contributed by atoms with E-state index in [-0.39, 0.29) is 5.82 Å². The molecule has 1 rings (SSSR count). The van der Waals surface area contributed by atoms with Gasteiger partial charge in [-0.25, -0.2) is 8.78 Å². The lowest BCUT2D eigenvalue weighted by Gasteiger charge is -2.03. The van der Waals surface area contributed by atoms with Gasteiger partial charge in [-0.2, -0.15) is 0 Å². The molecule has 0 radical (unpaired) electrons. The van der Waals surface area contributed by atoms with Crippen LogP contribution in [0, 0.1) is 11.6 Å². The van der Waals surface area contributed by atoms with Crippen LogP contribution in [0.25, 0.3) is 0 Å². The summed E-state index contributed by atoms with van der Waals surface area (Å²) < 4.78 is 25.8. The summed E-state index contributed by atoms with van der Waals surface area (Å²) >= 11 is 0. The Balaban J connectivity index is 2.53. The molecule has 0 fully saturated rings. The molecule has 1 nitrogen and oxygen atoms in total. The van der Waals surface area contributed by atoms with Gasteiger partial charge in [-0.05, 0) is 25.1 Å². The lowest BCUT2D eigenvalue weighted by Crippen LogP contribution is -2.14. The second-order valence-corrected chi connectivity index (χ2v) is 2.94. The second kappa shape index (κ2) is 5.50. The molecule has 0 saturated heterocycles. The average molecular weight is 197 g/mol. The molecular formula is C11H13F2N. The summed E-state index contributed by atoms with van der Waals surface area (Å²) in [4.78, 5) is 0. The summed E-state index contributed by atoms with van der Waals surface area (Å²) in [7, 11) is 0. The third-order valence-electron chi connectivity index (χ3n) is 1.82. The van der Waals surface area contributed by atoms with Gasteiger partial charge in [0.15, 0.2) is 0 Å². The van der Waals surface area contributed by atoms with Crippen molar-refractivity contribution in [3.8, 4) is 0 Å². The minimum Gasteiger partial charge on any atom is -0.309 e. The fraction of sp³-hybridized carbons (Fsp3) is 0.273. The quantitative estimate of drug-likeness (QED) is 0.578. The normalized spacial score (nSPS) is 11.1. The van der Waals surface area contributed by atoms with Crippen LogP contribution in [0.3, 0.4) is 0 Å². The van der Waals surface area contributed by atoms with Crippen LogP contribution in [-0.4, -0.2) is 6.54 Å². The number of halogens is 2. The van der Waals surface area contributed by atoms with Crippen molar-refractivity contribution in [2.45, 2.75) is 13.5 Å². The van der Waals surface area contributed by atoms with Crippen molar-refractivity contribution < 1.29 is 8.78 Å². The van der Waals surface area contributed by atoms with Crippen LogP contribution in [0.1, 0.15) is 12.5 Å². The van der Waals surface area contributed by atoms with E-state index in [4.69, 9.17) is 0 Å². The molecule has 0 aromatic heterocycles. The highest BCUT2D eigenvalue weighted by atomic mass is 19.1. The van der Waals surface area contributed by atoms with Crippen molar-refractivity contribution in [3.05, 3.63) is 47.5 Å². The fourth-order valence-corrected chi connectivity index (χ4v) is 1.09. The van der Waals surface area contributed by atoms with Crippen molar-refractivity contribution in [2.75, 3.05) is 6.54 Å². The Labute approximate surface area is 82.4 Å². The smallest absolute Gasteiger partial charge is 0.127 e. The molecule has 0 spiro atoms. The summed E-state index contributed by atoms with van der Waals surface area (Å²) in [5.41, 5.74) is 0.356. The number of hydrogen-bond donors (Lipinski definition) is 1. The van der Waals surface area contributed by atoms with Gasteiger partial charge in [-0.3, -0.25) is 0 Å². The molecule has 0 aliphatic rings. The van der Waals surface area contributed by atoms with Crippen molar-refractivity contribution >= 4 is 0 Å². The predicted octanol–water partition coefficient (Wildman–Crippen LogP) is 2.63. The van der Waals surface area contributed by atoms with Gasteiger partial charge in [0.25, 0.3) is 0 Å². The van der Waals surface area contributed by atoms with Crippen LogP contribution in [-0.2, 0) is 6.54 Å². The first-order valence-electron chi connectivity index (χ1n) is 4.50. The van der Waals surface area contributed by atoms with Crippen LogP contribution in [0.2, 0.25) is 0 Å². The van der Waals surface area contributed by atoms with Gasteiger partial charge in [-0.1, -0.05) is 12.2 Å². The lowest BCUT2D eigenvalue weighted by atomic mass is 10.2. The predicted molar refractivity (Wildman–Crippen MR) is 52.9 cm³/mol. The molecule has 0 aliphatic carbocycles. The summed E-state index contributed by atoms with van der Waals surface area (Å²) in [5, 5.41) is 2.98. The van der Waals surface area contributed by atoms with E-state index in [0.29, 0.717) is 18.7 Å². The van der Waals surface area contributed by atoms with Gasteiger partial charge in [0.2, 0.25) is 0 Å². The molecule has 0 amide bonds. The molecule has 1 N–H and O–H groups in total. The van der Waals surface area contributed by atoms with Crippen molar-refractivity contribution in [1.29, 1.82) is 0 Å². The molecule has 0 atom stereocenters. The molecule has 0 saturated carbocycles. The number of rotatable bonds is 4. The molecule has 1 aromatic rings. The minimum atomic E-state index is -0.408. The van der Waals surface area contributed by atoms with Gasteiger partial charge in [-0.15, -0.1) is 0 Å². The van der Waals surface area contributed by atoms with Gasteiger partial charge < -0.3 is 5.32 Å². The van der Waals surface area contributed by atoms with Crippen LogP contribution in [0.5, 0.6) is 0 Å². The zero-order chi connectivity index (χ0) is 10.4. The maximum atomic E-state index is 13.1. The Hall–Kier alpha value is -1.22. The molecule has 1 aromatic carbocycles. The van der Waals surface area contributed by atoms with E-state index in [2.05, 4.69) is 5.32 Å². The SMILES string of the molecule is C/C=C/CNCc1cc(F)ccc1F. The van der Waals surface area contributed by atoms with E-state index in [1.54, 1.807) is 0 Å². The Morgan fingerprint density at radius 3 is 2.86 bits per heavy atom. The van der Waals surface area contributed by atoms with E-state index < -0.39 is 5.82 Å². The fourth-order valence-electron chi connectivity index (χ4n) is 1.09. The van der Waals surface area contributed by atoms with Crippen LogP contribution < -0.4 is 5.32 Å². The molecule has 0 bridgehead atoms. The van der Waals surface area contributed by atoms with Gasteiger partial charge in [0, 0.05) is 18.7 Å². The minimum absolute atomic E-state index is 0.341. The van der Waals surface area contributed by atoms with E-state index in [0.717, 1.165) is 12.1 Å². The topological polar surface area (TPSA) is 12.0 Å². The number of nitrogens with one attached hydrogen (secondary N) is 1. The monoisotopic (exact) mass is 197 g/mol. The average Bonchev–Trinajstić information content (AvgIpc) is 2.18. The van der Waals surface area contributed by atoms with E-state index in [9.17, 15) is 8.78 Å². The summed E-state index contributed by atoms with van der Waals surface area (Å²) in [6.45, 7) is 2.91. The maximum absolute atomic E-state index is 13.1. The van der Waals surface area contributed by atoms with Crippen molar-refractivity contribution in [3.63, 3.8) is 0 Å². The Morgan fingerprint density at radius 1 is 1.36 bits per heavy atom. The molecule has 0 aliphatic heterocycles. The van der Waals surface area contributed by atoms with Gasteiger partial charge >= 0.3 is 0 Å². The summed E-state index contributed by atoms with van der Waals surface area (Å²) in [6.07, 6.45) is 3.81. The number of benzene rings is 1. The molecule has 3 heteroatoms. The van der Waals surface area contributed by atoms with Gasteiger partial charge in [0.1, 0.15) is 11.6 Å². The van der Waals surface area contributed by atoms with E-state index in [1.807, 2.05) is 19.1 Å². The largest absolute Gasteiger partial charge is 0.309 e. The molecule has 14 heavy (non-hydrogen) atoms. The first kappa shape index (κ1) is 10.9. The number of hydrogen-bond acceptors (Lipinski definition) is 1. The Kier molecular flexibility index (Phi) is 4.26. The third kappa shape index (κ3) is 3.26. The second-order valence-electron chi connectivity index (χ2n) is 2.94. The Bertz CT molecular complexity index is 321. The van der Waals surface area contributed by atoms with Crippen LogP contribution in [0.15, 0.2) is 30.4 Å². The van der Waals surface area contributed by atoms with E-state index >= 15 is 0 Å². The van der Waals surface area contributed by atoms with E-state index in [1.165, 1.54) is 6.07 Å². The molecule has 0 heterocycles. The van der Waals surface area contributed by atoms with Crippen LogP contribution in [0.4, 0.5) is 8.78 Å². The van der Waals surface area contributed by atoms with Crippen LogP contribution >= 0.6 is 0 Å². The third-order valence-corrected chi connectivity index (χ3v) is 1.82. The van der Waals surface area contributed by atoms with Gasteiger partial charge in [0.05, 0.1) is 0 Å². The number of allylic oxidation sites excluding steroid dienone is 1. The maximum Gasteiger partial charge on any atom is 0.127 e. The first-order valence-corrected chi connectivity index (χ1v) is 4.50. The highest BCUT2D eigenvalue weighted by Crippen LogP contribution is 2.08. The first-order chi connectivity index (χ1) is 6.74. The van der Waals surface area contributed by atoms with Crippen molar-refractivity contribution in [2.24, 2.45) is 0 Å². The Morgan fingerprint density at radius 2 is 2.14 bits per heavy atom. The lowest BCUT2D eigenvalue weighted by molar-refractivity contribution is 0.575. The molecule has 76 valence electrons.